The molecule has 0 unspecified atom stereocenters. The zero-order chi connectivity index (χ0) is 18.8. The molecule has 0 bridgehead atoms. The fourth-order valence-electron chi connectivity index (χ4n) is 3.16. The smallest absolute Gasteiger partial charge is 0.274 e. The van der Waals surface area contributed by atoms with Crippen LogP contribution in [0.25, 0.3) is 5.69 Å². The molecular weight excluding hydrogens is 368 g/mol. The number of carbonyl (C=O) groups excluding carboxylic acids is 1. The van der Waals surface area contributed by atoms with E-state index in [2.05, 4.69) is 20.4 Å². The van der Waals surface area contributed by atoms with Crippen molar-refractivity contribution in [1.29, 1.82) is 0 Å². The summed E-state index contributed by atoms with van der Waals surface area (Å²) >= 11 is 6.24. The van der Waals surface area contributed by atoms with Crippen LogP contribution in [0.5, 0.6) is 0 Å². The largest absolute Gasteiger partial charge is 0.360 e. The van der Waals surface area contributed by atoms with Crippen LogP contribution in [0.4, 0.5) is 0 Å². The molecule has 140 valence electrons. The number of carbonyl (C=O) groups is 1. The minimum Gasteiger partial charge on any atom is -0.360 e. The molecule has 9 heteroatoms. The highest BCUT2D eigenvalue weighted by Crippen LogP contribution is 2.21. The number of halogens is 1. The Bertz CT molecular complexity index is 945. The molecule has 1 aliphatic heterocycles. The van der Waals surface area contributed by atoms with Gasteiger partial charge in [0.15, 0.2) is 11.5 Å². The minimum atomic E-state index is -0.102. The van der Waals surface area contributed by atoms with Crippen molar-refractivity contribution in [2.45, 2.75) is 13.5 Å². The average molecular weight is 387 g/mol. The molecule has 0 N–H and O–H groups in total. The van der Waals surface area contributed by atoms with Gasteiger partial charge in [-0.1, -0.05) is 34.1 Å². The third kappa shape index (κ3) is 3.72. The van der Waals surface area contributed by atoms with Crippen LogP contribution >= 0.6 is 11.6 Å². The van der Waals surface area contributed by atoms with Crippen molar-refractivity contribution in [3.8, 4) is 5.69 Å². The predicted molar refractivity (Wildman–Crippen MR) is 98.8 cm³/mol. The summed E-state index contributed by atoms with van der Waals surface area (Å²) in [6.07, 6.45) is 1.48. The Morgan fingerprint density at radius 2 is 2.00 bits per heavy atom. The molecule has 1 aromatic carbocycles. The summed E-state index contributed by atoms with van der Waals surface area (Å²) in [5.74, 6) is 0.739. The number of hydrogen-bond acceptors (Lipinski definition) is 6. The van der Waals surface area contributed by atoms with Gasteiger partial charge in [-0.3, -0.25) is 9.69 Å². The van der Waals surface area contributed by atoms with E-state index in [1.807, 2.05) is 36.1 Å². The van der Waals surface area contributed by atoms with Crippen LogP contribution in [0.2, 0.25) is 5.02 Å². The van der Waals surface area contributed by atoms with Crippen molar-refractivity contribution in [3.05, 3.63) is 58.7 Å². The average Bonchev–Trinajstić information content (AvgIpc) is 3.31. The van der Waals surface area contributed by atoms with Crippen molar-refractivity contribution in [1.82, 2.24) is 30.0 Å². The van der Waals surface area contributed by atoms with E-state index in [-0.39, 0.29) is 5.91 Å². The molecule has 0 atom stereocenters. The van der Waals surface area contributed by atoms with E-state index in [1.165, 1.54) is 10.9 Å². The summed E-state index contributed by atoms with van der Waals surface area (Å²) in [5.41, 5.74) is 1.92. The van der Waals surface area contributed by atoms with Gasteiger partial charge >= 0.3 is 0 Å². The van der Waals surface area contributed by atoms with Gasteiger partial charge in [-0.15, -0.1) is 5.10 Å². The van der Waals surface area contributed by atoms with Gasteiger partial charge in [0.25, 0.3) is 5.91 Å². The van der Waals surface area contributed by atoms with Crippen LogP contribution in [0.1, 0.15) is 21.9 Å². The highest BCUT2D eigenvalue weighted by molar-refractivity contribution is 6.32. The van der Waals surface area contributed by atoms with Crippen molar-refractivity contribution in [2.24, 2.45) is 0 Å². The Balaban J connectivity index is 1.43. The lowest BCUT2D eigenvalue weighted by molar-refractivity contribution is 0.0608. The maximum Gasteiger partial charge on any atom is 0.274 e. The second kappa shape index (κ2) is 7.50. The van der Waals surface area contributed by atoms with Crippen LogP contribution in [0.15, 0.2) is 41.1 Å². The van der Waals surface area contributed by atoms with Gasteiger partial charge in [-0.2, -0.15) is 0 Å². The Morgan fingerprint density at radius 3 is 2.70 bits per heavy atom. The molecule has 0 radical (unpaired) electrons. The number of aromatic nitrogens is 4. The maximum atomic E-state index is 13.0. The Labute approximate surface area is 161 Å². The molecule has 1 aliphatic rings. The molecule has 27 heavy (non-hydrogen) atoms. The summed E-state index contributed by atoms with van der Waals surface area (Å²) in [5, 5.41) is 12.4. The highest BCUT2D eigenvalue weighted by atomic mass is 35.5. The minimum absolute atomic E-state index is 0.102. The fourth-order valence-corrected chi connectivity index (χ4v) is 3.38. The summed E-state index contributed by atoms with van der Waals surface area (Å²) in [4.78, 5) is 17.0. The first-order valence-corrected chi connectivity index (χ1v) is 9.09. The zero-order valence-electron chi connectivity index (χ0n) is 14.9. The monoisotopic (exact) mass is 386 g/mol. The number of rotatable bonds is 4. The molecule has 1 saturated heterocycles. The molecule has 3 heterocycles. The van der Waals surface area contributed by atoms with E-state index in [4.69, 9.17) is 16.1 Å². The topological polar surface area (TPSA) is 80.3 Å². The molecule has 4 rings (SSSR count). The van der Waals surface area contributed by atoms with Gasteiger partial charge in [0.05, 0.1) is 29.1 Å². The van der Waals surface area contributed by atoms with Gasteiger partial charge in [-0.05, 0) is 19.1 Å². The molecule has 0 aliphatic carbocycles. The number of benzene rings is 1. The second-order valence-corrected chi connectivity index (χ2v) is 6.89. The highest BCUT2D eigenvalue weighted by Gasteiger charge is 2.26. The van der Waals surface area contributed by atoms with Gasteiger partial charge in [0.1, 0.15) is 0 Å². The van der Waals surface area contributed by atoms with Crippen LogP contribution in [0, 0.1) is 6.92 Å². The van der Waals surface area contributed by atoms with E-state index >= 15 is 0 Å². The summed E-state index contributed by atoms with van der Waals surface area (Å²) in [7, 11) is 0. The van der Waals surface area contributed by atoms with Gasteiger partial charge < -0.3 is 9.42 Å². The Hall–Kier alpha value is -2.71. The molecule has 2 aromatic heterocycles. The second-order valence-electron chi connectivity index (χ2n) is 6.49. The van der Waals surface area contributed by atoms with E-state index in [0.29, 0.717) is 36.0 Å². The lowest BCUT2D eigenvalue weighted by Crippen LogP contribution is -2.48. The van der Waals surface area contributed by atoms with Crippen LogP contribution in [-0.2, 0) is 6.54 Å². The van der Waals surface area contributed by atoms with E-state index in [0.717, 1.165) is 24.5 Å². The number of hydrogen-bond donors (Lipinski definition) is 0. The van der Waals surface area contributed by atoms with E-state index in [9.17, 15) is 4.79 Å². The van der Waals surface area contributed by atoms with E-state index < -0.39 is 0 Å². The van der Waals surface area contributed by atoms with Gasteiger partial charge in [0, 0.05) is 32.2 Å². The first-order valence-electron chi connectivity index (χ1n) is 8.71. The number of aryl methyl sites for hydroxylation is 1. The van der Waals surface area contributed by atoms with Crippen molar-refractivity contribution >= 4 is 17.5 Å². The third-order valence-corrected chi connectivity index (χ3v) is 4.88. The summed E-state index contributed by atoms with van der Waals surface area (Å²) in [6, 6.07) is 9.19. The fraction of sp³-hybridized carbons (Fsp3) is 0.333. The number of piperazine rings is 1. The summed E-state index contributed by atoms with van der Waals surface area (Å²) in [6.45, 7) is 5.37. The summed E-state index contributed by atoms with van der Waals surface area (Å²) < 4.78 is 6.77. The van der Waals surface area contributed by atoms with Crippen LogP contribution < -0.4 is 0 Å². The van der Waals surface area contributed by atoms with E-state index in [1.54, 1.807) is 6.07 Å². The van der Waals surface area contributed by atoms with Crippen molar-refractivity contribution < 1.29 is 9.32 Å². The molecular formula is C18H19ClN6O2. The third-order valence-electron chi connectivity index (χ3n) is 4.56. The standard InChI is InChI=1S/C18H19ClN6O2/c1-13-10-14(27-21-13)12-23-6-8-24(9-7-23)18(26)17-11-20-22-25(17)16-5-3-2-4-15(16)19/h2-5,10-11H,6-9,12H2,1H3. The Kier molecular flexibility index (Phi) is 4.91. The molecule has 3 aromatic rings. The molecule has 1 amide bonds. The zero-order valence-corrected chi connectivity index (χ0v) is 15.6. The number of para-hydroxylation sites is 1. The SMILES string of the molecule is Cc1cc(CN2CCN(C(=O)c3cnnn3-c3ccccc3Cl)CC2)on1. The predicted octanol–water partition coefficient (Wildman–Crippen LogP) is 2.18. The Morgan fingerprint density at radius 1 is 1.22 bits per heavy atom. The van der Waals surface area contributed by atoms with Crippen molar-refractivity contribution in [3.63, 3.8) is 0 Å². The maximum absolute atomic E-state index is 13.0. The van der Waals surface area contributed by atoms with Crippen molar-refractivity contribution in [2.75, 3.05) is 26.2 Å². The quantitative estimate of drug-likeness (QED) is 0.683. The number of amides is 1. The van der Waals surface area contributed by atoms with Crippen LogP contribution in [-0.4, -0.2) is 62.0 Å². The normalized spacial score (nSPS) is 15.3. The molecule has 0 spiro atoms. The lowest BCUT2D eigenvalue weighted by atomic mass is 10.2. The first-order chi connectivity index (χ1) is 13.1. The lowest BCUT2D eigenvalue weighted by Gasteiger charge is -2.34. The molecule has 8 nitrogen and oxygen atoms in total. The van der Waals surface area contributed by atoms with Gasteiger partial charge in [0.2, 0.25) is 0 Å². The van der Waals surface area contributed by atoms with Gasteiger partial charge in [-0.25, -0.2) is 4.68 Å². The molecule has 1 fully saturated rings. The molecule has 0 saturated carbocycles. The first kappa shape index (κ1) is 17.7. The van der Waals surface area contributed by atoms with Crippen LogP contribution in [0.3, 0.4) is 0 Å². The number of nitrogens with zero attached hydrogens (tertiary/aromatic N) is 6.